The minimum Gasteiger partial charge on any atom is -0.353 e. The molecule has 0 fully saturated rings. The number of anilines is 2. The Morgan fingerprint density at radius 3 is 2.34 bits per heavy atom. The zero-order chi connectivity index (χ0) is 23.2. The van der Waals surface area contributed by atoms with E-state index in [1.54, 1.807) is 12.1 Å². The van der Waals surface area contributed by atoms with Crippen molar-refractivity contribution in [3.8, 4) is 0 Å². The fraction of sp³-hybridized carbons (Fsp3) is 0.480. The maximum atomic E-state index is 12.4. The predicted molar refractivity (Wildman–Crippen MR) is 126 cm³/mol. The lowest BCUT2D eigenvalue weighted by Crippen LogP contribution is -2.17. The van der Waals surface area contributed by atoms with Crippen LogP contribution in [0.15, 0.2) is 48.5 Å². The smallest absolute Gasteiger partial charge is 0.292 e. The lowest BCUT2D eigenvalue weighted by atomic mass is 10.0. The summed E-state index contributed by atoms with van der Waals surface area (Å²) in [4.78, 5) is 23.5. The summed E-state index contributed by atoms with van der Waals surface area (Å²) < 4.78 is 11.1. The number of hydrogen-bond acceptors (Lipinski definition) is 6. The third-order valence-electron chi connectivity index (χ3n) is 5.06. The third-order valence-corrected chi connectivity index (χ3v) is 5.06. The minimum absolute atomic E-state index is 0.0303. The molecule has 1 N–H and O–H groups in total. The van der Waals surface area contributed by atoms with Gasteiger partial charge < -0.3 is 14.8 Å². The summed E-state index contributed by atoms with van der Waals surface area (Å²) in [5, 5.41) is 14.6. The molecule has 174 valence electrons. The van der Waals surface area contributed by atoms with Gasteiger partial charge in [0.25, 0.3) is 5.69 Å². The van der Waals surface area contributed by atoms with E-state index < -0.39 is 4.92 Å². The highest BCUT2D eigenvalue weighted by atomic mass is 16.7. The first-order chi connectivity index (χ1) is 15.5. The van der Waals surface area contributed by atoms with Crippen molar-refractivity contribution < 1.29 is 19.2 Å². The molecule has 0 aliphatic rings. The van der Waals surface area contributed by atoms with Crippen molar-refractivity contribution in [2.75, 3.05) is 18.5 Å². The quantitative estimate of drug-likeness (QED) is 0.144. The number of para-hydroxylation sites is 1. The normalized spacial score (nSPS) is 11.0. The summed E-state index contributed by atoms with van der Waals surface area (Å²) in [5.74, 6) is 0.101. The van der Waals surface area contributed by atoms with E-state index in [2.05, 4.69) is 5.32 Å². The number of rotatable bonds is 16. The van der Waals surface area contributed by atoms with Crippen molar-refractivity contribution in [2.45, 2.75) is 65.1 Å². The van der Waals surface area contributed by atoms with E-state index in [-0.39, 0.29) is 24.2 Å². The molecular weight excluding hydrogens is 408 g/mol. The highest BCUT2D eigenvalue weighted by Crippen LogP contribution is 2.29. The lowest BCUT2D eigenvalue weighted by Gasteiger charge is -2.16. The molecule has 0 atom stereocenters. The van der Waals surface area contributed by atoms with Crippen molar-refractivity contribution >= 4 is 22.8 Å². The van der Waals surface area contributed by atoms with E-state index >= 15 is 0 Å². The maximum Gasteiger partial charge on any atom is 0.292 e. The Hall–Kier alpha value is -2.77. The predicted octanol–water partition coefficient (Wildman–Crippen LogP) is 6.19. The minimum atomic E-state index is -0.420. The highest BCUT2D eigenvalue weighted by molar-refractivity contribution is 5.81. The summed E-state index contributed by atoms with van der Waals surface area (Å²) in [6.45, 7) is 5.19. The molecule has 2 aromatic carbocycles. The molecule has 0 spiro atoms. The van der Waals surface area contributed by atoms with Crippen LogP contribution in [0.3, 0.4) is 0 Å². The highest BCUT2D eigenvalue weighted by Gasteiger charge is 2.16. The number of nitro benzene ring substituents is 1. The largest absolute Gasteiger partial charge is 0.353 e. The van der Waals surface area contributed by atoms with Crippen LogP contribution in [-0.2, 0) is 20.7 Å². The summed E-state index contributed by atoms with van der Waals surface area (Å²) in [6.07, 6.45) is 5.24. The first kappa shape index (κ1) is 25.5. The van der Waals surface area contributed by atoms with Gasteiger partial charge in [0.15, 0.2) is 6.29 Å². The number of carbonyl (C=O) groups excluding carboxylic acids is 1. The van der Waals surface area contributed by atoms with Crippen LogP contribution < -0.4 is 5.32 Å². The number of benzene rings is 2. The van der Waals surface area contributed by atoms with E-state index in [1.807, 2.05) is 44.2 Å². The number of nitrogens with one attached hydrogen (secondary N) is 1. The third kappa shape index (κ3) is 9.16. The molecule has 0 saturated heterocycles. The van der Waals surface area contributed by atoms with Crippen LogP contribution in [0.25, 0.3) is 0 Å². The monoisotopic (exact) mass is 442 g/mol. The second-order valence-corrected chi connectivity index (χ2v) is 7.61. The summed E-state index contributed by atoms with van der Waals surface area (Å²) in [7, 11) is 0. The summed E-state index contributed by atoms with van der Waals surface area (Å²) in [5.41, 5.74) is 1.82. The van der Waals surface area contributed by atoms with E-state index in [9.17, 15) is 14.9 Å². The Labute approximate surface area is 190 Å². The zero-order valence-electron chi connectivity index (χ0n) is 19.0. The number of ether oxygens (including phenoxy) is 2. The molecule has 7 nitrogen and oxygen atoms in total. The first-order valence-electron chi connectivity index (χ1n) is 11.4. The Bertz CT molecular complexity index is 835. The van der Waals surface area contributed by atoms with Crippen molar-refractivity contribution in [1.82, 2.24) is 0 Å². The summed E-state index contributed by atoms with van der Waals surface area (Å²) in [6, 6.07) is 14.2. The molecule has 0 radical (unpaired) electrons. The Kier molecular flexibility index (Phi) is 11.4. The molecule has 0 aliphatic carbocycles. The molecule has 7 heteroatoms. The van der Waals surface area contributed by atoms with Gasteiger partial charge in [-0.15, -0.1) is 0 Å². The molecule has 2 aromatic rings. The zero-order valence-corrected chi connectivity index (χ0v) is 19.0. The Balaban J connectivity index is 1.78. The topological polar surface area (TPSA) is 90.7 Å². The Morgan fingerprint density at radius 2 is 1.69 bits per heavy atom. The van der Waals surface area contributed by atoms with Gasteiger partial charge in [0.1, 0.15) is 11.5 Å². The molecular formula is C25H34N2O5. The van der Waals surface area contributed by atoms with Gasteiger partial charge >= 0.3 is 0 Å². The number of nitrogens with zero attached hydrogens (tertiary/aromatic N) is 1. The van der Waals surface area contributed by atoms with Gasteiger partial charge in [-0.2, -0.15) is 0 Å². The standard InChI is InChI=1S/C25H34N2O5/c1-3-31-25(32-4-2)15-11-6-5-10-14-22(28)18-20-16-17-23(24(19-20)27(29)30)26-21-12-8-7-9-13-21/h7-9,12-13,16-17,19,25-26H,3-6,10-11,14-15,18H2,1-2H3. The van der Waals surface area contributed by atoms with Gasteiger partial charge in [0.2, 0.25) is 0 Å². The van der Waals surface area contributed by atoms with Crippen molar-refractivity contribution in [2.24, 2.45) is 0 Å². The maximum absolute atomic E-state index is 12.4. The van der Waals surface area contributed by atoms with Gasteiger partial charge in [-0.3, -0.25) is 14.9 Å². The number of unbranched alkanes of at least 4 members (excludes halogenated alkanes) is 3. The van der Waals surface area contributed by atoms with Crippen LogP contribution in [0.4, 0.5) is 17.1 Å². The van der Waals surface area contributed by atoms with Crippen LogP contribution in [-0.4, -0.2) is 30.2 Å². The fourth-order valence-corrected chi connectivity index (χ4v) is 3.51. The van der Waals surface area contributed by atoms with Crippen molar-refractivity contribution in [1.29, 1.82) is 0 Å². The lowest BCUT2D eigenvalue weighted by molar-refractivity contribution is -0.384. The van der Waals surface area contributed by atoms with Crippen LogP contribution in [0.5, 0.6) is 0 Å². The van der Waals surface area contributed by atoms with Crippen LogP contribution in [0.1, 0.15) is 57.9 Å². The molecule has 0 amide bonds. The Morgan fingerprint density at radius 1 is 1.00 bits per heavy atom. The first-order valence-corrected chi connectivity index (χ1v) is 11.4. The van der Waals surface area contributed by atoms with Crippen LogP contribution in [0.2, 0.25) is 0 Å². The average Bonchev–Trinajstić information content (AvgIpc) is 2.78. The molecule has 0 unspecified atom stereocenters. The van der Waals surface area contributed by atoms with Crippen molar-refractivity contribution in [3.05, 3.63) is 64.2 Å². The van der Waals surface area contributed by atoms with Gasteiger partial charge in [0, 0.05) is 37.8 Å². The summed E-state index contributed by atoms with van der Waals surface area (Å²) >= 11 is 0. The van der Waals surface area contributed by atoms with Gasteiger partial charge in [0.05, 0.1) is 4.92 Å². The van der Waals surface area contributed by atoms with E-state index in [1.165, 1.54) is 6.07 Å². The molecule has 0 bridgehead atoms. The molecule has 0 heterocycles. The van der Waals surface area contributed by atoms with E-state index in [0.717, 1.165) is 37.8 Å². The number of Topliss-reactive ketones (excluding diaryl/α,β-unsaturated/α-hetero) is 1. The second kappa shape index (κ2) is 14.3. The van der Waals surface area contributed by atoms with Gasteiger partial charge in [-0.25, -0.2) is 0 Å². The molecule has 0 saturated carbocycles. The number of carbonyl (C=O) groups is 1. The molecule has 0 aromatic heterocycles. The molecule has 0 aliphatic heterocycles. The van der Waals surface area contributed by atoms with E-state index in [0.29, 0.717) is 30.9 Å². The SMILES string of the molecule is CCOC(CCCCCCC(=O)Cc1ccc(Nc2ccccc2)c([N+](=O)[O-])c1)OCC. The average molecular weight is 443 g/mol. The second-order valence-electron chi connectivity index (χ2n) is 7.61. The van der Waals surface area contributed by atoms with Crippen LogP contribution >= 0.6 is 0 Å². The molecule has 32 heavy (non-hydrogen) atoms. The molecule has 2 rings (SSSR count). The fourth-order valence-electron chi connectivity index (χ4n) is 3.51. The number of ketones is 1. The van der Waals surface area contributed by atoms with Crippen LogP contribution in [0, 0.1) is 10.1 Å². The van der Waals surface area contributed by atoms with Gasteiger partial charge in [-0.05, 0) is 56.9 Å². The number of hydrogen-bond donors (Lipinski definition) is 1. The van der Waals surface area contributed by atoms with E-state index in [4.69, 9.17) is 9.47 Å². The van der Waals surface area contributed by atoms with Crippen molar-refractivity contribution in [3.63, 3.8) is 0 Å². The number of nitro groups is 1. The van der Waals surface area contributed by atoms with Gasteiger partial charge in [-0.1, -0.05) is 37.1 Å².